The minimum absolute atomic E-state index is 0.0632. The van der Waals surface area contributed by atoms with E-state index in [4.69, 9.17) is 0 Å². The second-order valence-electron chi connectivity index (χ2n) is 5.61. The molecule has 23 heavy (non-hydrogen) atoms. The summed E-state index contributed by atoms with van der Waals surface area (Å²) >= 11 is 1.81. The normalized spacial score (nSPS) is 12.0. The zero-order valence-corrected chi connectivity index (χ0v) is 14.3. The van der Waals surface area contributed by atoms with Crippen molar-refractivity contribution in [1.29, 1.82) is 0 Å². The average molecular weight is 331 g/mol. The summed E-state index contributed by atoms with van der Waals surface area (Å²) in [6, 6.07) is 14.8. The van der Waals surface area contributed by atoms with Gasteiger partial charge in [0.25, 0.3) is 0 Å². The Kier molecular flexibility index (Phi) is 6.66. The molecular formula is C19H22FNOS. The van der Waals surface area contributed by atoms with E-state index >= 15 is 0 Å². The largest absolute Gasteiger partial charge is 0.350 e. The monoisotopic (exact) mass is 331 g/mol. The summed E-state index contributed by atoms with van der Waals surface area (Å²) in [6.07, 6.45) is 1.81. The van der Waals surface area contributed by atoms with Crippen molar-refractivity contribution in [2.75, 3.05) is 5.75 Å². The number of aryl methyl sites for hydroxylation is 1. The molecule has 0 heterocycles. The van der Waals surface area contributed by atoms with Gasteiger partial charge in [0.1, 0.15) is 5.82 Å². The maximum Gasteiger partial charge on any atom is 0.217 e. The van der Waals surface area contributed by atoms with Crippen LogP contribution in [-0.4, -0.2) is 11.7 Å². The van der Waals surface area contributed by atoms with Crippen LogP contribution < -0.4 is 5.32 Å². The van der Waals surface area contributed by atoms with Gasteiger partial charge in [0, 0.05) is 11.8 Å². The molecule has 0 aromatic heterocycles. The van der Waals surface area contributed by atoms with E-state index in [0.29, 0.717) is 0 Å². The molecule has 0 spiro atoms. The summed E-state index contributed by atoms with van der Waals surface area (Å²) in [5, 5.41) is 2.95. The Labute approximate surface area is 141 Å². The van der Waals surface area contributed by atoms with Crippen LogP contribution in [0.2, 0.25) is 0 Å². The molecule has 2 aromatic rings. The van der Waals surface area contributed by atoms with Crippen molar-refractivity contribution in [1.82, 2.24) is 5.32 Å². The lowest BCUT2D eigenvalue weighted by Crippen LogP contribution is -2.26. The molecule has 0 saturated carbocycles. The van der Waals surface area contributed by atoms with Crippen LogP contribution in [0.4, 0.5) is 4.39 Å². The summed E-state index contributed by atoms with van der Waals surface area (Å²) in [5.74, 6) is 0.663. The predicted octanol–water partition coefficient (Wildman–Crippen LogP) is 4.88. The zero-order chi connectivity index (χ0) is 16.7. The zero-order valence-electron chi connectivity index (χ0n) is 13.5. The molecule has 1 amide bonds. The number of hydrogen-bond acceptors (Lipinski definition) is 2. The smallest absolute Gasteiger partial charge is 0.217 e. The van der Waals surface area contributed by atoms with E-state index in [1.165, 1.54) is 29.5 Å². The van der Waals surface area contributed by atoms with Gasteiger partial charge in [-0.15, -0.1) is 11.8 Å². The van der Waals surface area contributed by atoms with Crippen LogP contribution in [0.1, 0.15) is 36.9 Å². The summed E-state index contributed by atoms with van der Waals surface area (Å²) < 4.78 is 13.0. The minimum atomic E-state index is -0.259. The lowest BCUT2D eigenvalue weighted by molar-refractivity contribution is -0.119. The van der Waals surface area contributed by atoms with E-state index in [1.54, 1.807) is 12.1 Å². The summed E-state index contributed by atoms with van der Waals surface area (Å²) in [7, 11) is 0. The van der Waals surface area contributed by atoms with Gasteiger partial charge in [0.2, 0.25) is 5.91 Å². The molecule has 2 rings (SSSR count). The molecule has 1 atom stereocenters. The fourth-order valence-corrected chi connectivity index (χ4v) is 3.25. The van der Waals surface area contributed by atoms with E-state index in [9.17, 15) is 9.18 Å². The van der Waals surface area contributed by atoms with E-state index < -0.39 is 0 Å². The second kappa shape index (κ2) is 8.73. The molecule has 0 bridgehead atoms. The summed E-state index contributed by atoms with van der Waals surface area (Å²) in [6.45, 7) is 3.59. The average Bonchev–Trinajstić information content (AvgIpc) is 2.52. The fourth-order valence-electron chi connectivity index (χ4n) is 2.37. The highest BCUT2D eigenvalue weighted by Crippen LogP contribution is 2.24. The van der Waals surface area contributed by atoms with Crippen molar-refractivity contribution >= 4 is 17.7 Å². The topological polar surface area (TPSA) is 29.1 Å². The van der Waals surface area contributed by atoms with Crippen LogP contribution in [0.3, 0.4) is 0 Å². The van der Waals surface area contributed by atoms with Gasteiger partial charge < -0.3 is 5.32 Å². The van der Waals surface area contributed by atoms with Gasteiger partial charge in [-0.05, 0) is 55.3 Å². The number of benzene rings is 2. The standard InChI is InChI=1S/C19H22FNOS/c1-14-5-11-18(12-6-14)23-13-3-4-19(21-15(2)22)16-7-9-17(20)10-8-16/h5-12,19H,3-4,13H2,1-2H3,(H,21,22). The predicted molar refractivity (Wildman–Crippen MR) is 94.1 cm³/mol. The van der Waals surface area contributed by atoms with Crippen LogP contribution in [0.5, 0.6) is 0 Å². The first-order chi connectivity index (χ1) is 11.0. The molecule has 1 N–H and O–H groups in total. The maximum absolute atomic E-state index is 13.0. The third-order valence-electron chi connectivity index (χ3n) is 3.58. The van der Waals surface area contributed by atoms with Gasteiger partial charge in [0.15, 0.2) is 0 Å². The number of nitrogens with one attached hydrogen (secondary N) is 1. The van der Waals surface area contributed by atoms with Crippen LogP contribution in [0.25, 0.3) is 0 Å². The molecule has 122 valence electrons. The Morgan fingerprint density at radius 3 is 2.39 bits per heavy atom. The Bertz CT molecular complexity index is 625. The Balaban J connectivity index is 1.86. The number of halogens is 1. The van der Waals surface area contributed by atoms with Crippen LogP contribution in [-0.2, 0) is 4.79 Å². The molecule has 0 fully saturated rings. The van der Waals surface area contributed by atoms with Crippen molar-refractivity contribution in [2.24, 2.45) is 0 Å². The van der Waals surface area contributed by atoms with Crippen molar-refractivity contribution in [2.45, 2.75) is 37.6 Å². The summed E-state index contributed by atoms with van der Waals surface area (Å²) in [5.41, 5.74) is 2.21. The first-order valence-electron chi connectivity index (χ1n) is 7.76. The Morgan fingerprint density at radius 1 is 1.13 bits per heavy atom. The third-order valence-corrected chi connectivity index (χ3v) is 4.68. The molecule has 0 saturated heterocycles. The highest BCUT2D eigenvalue weighted by molar-refractivity contribution is 7.99. The highest BCUT2D eigenvalue weighted by atomic mass is 32.2. The van der Waals surface area contributed by atoms with Crippen LogP contribution >= 0.6 is 11.8 Å². The number of rotatable bonds is 7. The molecule has 2 nitrogen and oxygen atoms in total. The molecule has 0 aliphatic carbocycles. The summed E-state index contributed by atoms with van der Waals surface area (Å²) in [4.78, 5) is 12.6. The van der Waals surface area contributed by atoms with Gasteiger partial charge in [-0.25, -0.2) is 4.39 Å². The lowest BCUT2D eigenvalue weighted by atomic mass is 10.0. The van der Waals surface area contributed by atoms with Crippen LogP contribution in [0.15, 0.2) is 53.4 Å². The third kappa shape index (κ3) is 6.06. The van der Waals surface area contributed by atoms with Gasteiger partial charge in [-0.3, -0.25) is 4.79 Å². The van der Waals surface area contributed by atoms with Gasteiger partial charge in [0.05, 0.1) is 6.04 Å². The Morgan fingerprint density at radius 2 is 1.78 bits per heavy atom. The van der Waals surface area contributed by atoms with E-state index in [1.807, 2.05) is 11.8 Å². The first kappa shape index (κ1) is 17.5. The SMILES string of the molecule is CC(=O)NC(CCCSc1ccc(C)cc1)c1ccc(F)cc1. The molecule has 0 aliphatic rings. The molecule has 2 aromatic carbocycles. The van der Waals surface area contributed by atoms with Crippen molar-refractivity contribution in [3.05, 3.63) is 65.5 Å². The molecular weight excluding hydrogens is 309 g/mol. The number of amides is 1. The van der Waals surface area contributed by atoms with E-state index in [2.05, 4.69) is 36.5 Å². The van der Waals surface area contributed by atoms with E-state index in [-0.39, 0.29) is 17.8 Å². The van der Waals surface area contributed by atoms with Gasteiger partial charge in [-0.1, -0.05) is 29.8 Å². The number of carbonyl (C=O) groups is 1. The number of hydrogen-bond donors (Lipinski definition) is 1. The van der Waals surface area contributed by atoms with E-state index in [0.717, 1.165) is 24.2 Å². The number of thioether (sulfide) groups is 1. The second-order valence-corrected chi connectivity index (χ2v) is 6.78. The molecule has 1 unspecified atom stereocenters. The minimum Gasteiger partial charge on any atom is -0.350 e. The van der Waals surface area contributed by atoms with Crippen molar-refractivity contribution in [3.8, 4) is 0 Å². The van der Waals surface area contributed by atoms with Crippen molar-refractivity contribution < 1.29 is 9.18 Å². The molecule has 0 aliphatic heterocycles. The number of carbonyl (C=O) groups excluding carboxylic acids is 1. The maximum atomic E-state index is 13.0. The first-order valence-corrected chi connectivity index (χ1v) is 8.75. The van der Waals surface area contributed by atoms with Crippen LogP contribution in [0, 0.1) is 12.7 Å². The fraction of sp³-hybridized carbons (Fsp3) is 0.316. The molecule has 4 heteroatoms. The van der Waals surface area contributed by atoms with Gasteiger partial charge in [-0.2, -0.15) is 0 Å². The Hall–Kier alpha value is -1.81. The quantitative estimate of drug-likeness (QED) is 0.578. The highest BCUT2D eigenvalue weighted by Gasteiger charge is 2.12. The lowest BCUT2D eigenvalue weighted by Gasteiger charge is -2.18. The van der Waals surface area contributed by atoms with Gasteiger partial charge >= 0.3 is 0 Å². The van der Waals surface area contributed by atoms with Crippen molar-refractivity contribution in [3.63, 3.8) is 0 Å². The molecule has 0 radical (unpaired) electrons.